The van der Waals surface area contributed by atoms with Gasteiger partial charge in [-0.25, -0.2) is 9.38 Å². The van der Waals surface area contributed by atoms with E-state index in [1.807, 2.05) is 0 Å². The number of aliphatic imine (C=N–C) groups is 1. The third-order valence-corrected chi connectivity index (χ3v) is 3.34. The number of halogens is 1. The van der Waals surface area contributed by atoms with Crippen LogP contribution in [-0.2, 0) is 4.79 Å². The van der Waals surface area contributed by atoms with Crippen molar-refractivity contribution in [3.8, 4) is 0 Å². The van der Waals surface area contributed by atoms with Crippen molar-refractivity contribution in [3.05, 3.63) is 35.6 Å². The molecule has 1 saturated heterocycles. The van der Waals surface area contributed by atoms with Crippen molar-refractivity contribution in [1.82, 2.24) is 10.2 Å². The molecule has 1 fully saturated rings. The lowest BCUT2D eigenvalue weighted by Crippen LogP contribution is -2.30. The number of carbonyl (C=O) groups excluding carboxylic acids is 2. The van der Waals surface area contributed by atoms with E-state index < -0.39 is 6.04 Å². The van der Waals surface area contributed by atoms with Crippen LogP contribution in [0.1, 0.15) is 16.8 Å². The van der Waals surface area contributed by atoms with Crippen molar-refractivity contribution >= 4 is 18.0 Å². The summed E-state index contributed by atoms with van der Waals surface area (Å²) in [6, 6.07) is 5.03. The quantitative estimate of drug-likeness (QED) is 0.513. The fraction of sp³-hybridized carbons (Fsp3) is 0.400. The fourth-order valence-electron chi connectivity index (χ4n) is 2.24. The first kappa shape index (κ1) is 15.3. The molecule has 1 aliphatic heterocycles. The topological polar surface area (TPSA) is 61.8 Å². The van der Waals surface area contributed by atoms with Gasteiger partial charge < -0.3 is 10.2 Å². The van der Waals surface area contributed by atoms with E-state index in [0.717, 1.165) is 0 Å². The molecule has 1 amide bonds. The molecular weight excluding hydrogens is 273 g/mol. The third kappa shape index (κ3) is 3.95. The Morgan fingerprint density at radius 2 is 2.00 bits per heavy atom. The summed E-state index contributed by atoms with van der Waals surface area (Å²) >= 11 is 0. The average molecular weight is 291 g/mol. The van der Waals surface area contributed by atoms with Crippen molar-refractivity contribution in [2.24, 2.45) is 10.9 Å². The van der Waals surface area contributed by atoms with Gasteiger partial charge in [-0.3, -0.25) is 9.59 Å². The van der Waals surface area contributed by atoms with Crippen LogP contribution < -0.4 is 5.32 Å². The highest BCUT2D eigenvalue weighted by atomic mass is 19.1. The summed E-state index contributed by atoms with van der Waals surface area (Å²) in [5, 5.41) is 3.02. The minimum absolute atomic E-state index is 0.0746. The second-order valence-electron chi connectivity index (χ2n) is 5.31. The first-order chi connectivity index (χ1) is 9.97. The number of hydrogen-bond donors (Lipinski definition) is 1. The molecule has 0 spiro atoms. The van der Waals surface area contributed by atoms with E-state index in [1.165, 1.54) is 30.6 Å². The highest BCUT2D eigenvalue weighted by Gasteiger charge is 2.33. The van der Waals surface area contributed by atoms with Crippen LogP contribution in [0.4, 0.5) is 4.39 Å². The minimum atomic E-state index is -0.435. The third-order valence-electron chi connectivity index (χ3n) is 3.34. The van der Waals surface area contributed by atoms with Gasteiger partial charge >= 0.3 is 0 Å². The molecule has 5 nitrogen and oxygen atoms in total. The zero-order valence-corrected chi connectivity index (χ0v) is 12.0. The highest BCUT2D eigenvalue weighted by molar-refractivity contribution is 5.99. The number of nitrogens with zero attached hydrogens (tertiary/aromatic N) is 2. The van der Waals surface area contributed by atoms with Gasteiger partial charge in [-0.05, 0) is 30.7 Å². The van der Waals surface area contributed by atoms with E-state index in [-0.39, 0.29) is 23.4 Å². The maximum Gasteiger partial charge on any atom is 0.264 e. The van der Waals surface area contributed by atoms with E-state index >= 15 is 0 Å². The van der Waals surface area contributed by atoms with Crippen LogP contribution in [0.3, 0.4) is 0 Å². The Morgan fingerprint density at radius 3 is 2.62 bits per heavy atom. The summed E-state index contributed by atoms with van der Waals surface area (Å²) in [6.45, 7) is 0.435. The van der Waals surface area contributed by atoms with Crippen LogP contribution in [0, 0.1) is 11.7 Å². The molecule has 0 aromatic heterocycles. The molecule has 1 heterocycles. The number of rotatable bonds is 4. The molecule has 6 heteroatoms. The Balaban J connectivity index is 1.97. The van der Waals surface area contributed by atoms with Gasteiger partial charge in [0.15, 0.2) is 5.78 Å². The largest absolute Gasteiger partial charge is 0.369 e. The summed E-state index contributed by atoms with van der Waals surface area (Å²) < 4.78 is 12.9. The monoisotopic (exact) mass is 291 g/mol. The first-order valence-electron chi connectivity index (χ1n) is 6.75. The van der Waals surface area contributed by atoms with Gasteiger partial charge in [-0.1, -0.05) is 0 Å². The highest BCUT2D eigenvalue weighted by Crippen LogP contribution is 2.20. The molecular formula is C15H18FN3O2. The number of carbonyl (C=O) groups is 2. The minimum Gasteiger partial charge on any atom is -0.369 e. The van der Waals surface area contributed by atoms with E-state index in [9.17, 15) is 14.0 Å². The molecule has 2 atom stereocenters. The zero-order chi connectivity index (χ0) is 15.4. The van der Waals surface area contributed by atoms with E-state index in [0.29, 0.717) is 18.5 Å². The summed E-state index contributed by atoms with van der Waals surface area (Å²) in [4.78, 5) is 29.6. The molecule has 1 aromatic rings. The summed E-state index contributed by atoms with van der Waals surface area (Å²) in [6.07, 6.45) is 1.86. The predicted molar refractivity (Wildman–Crippen MR) is 77.8 cm³/mol. The lowest BCUT2D eigenvalue weighted by molar-refractivity contribution is -0.119. The van der Waals surface area contributed by atoms with E-state index in [2.05, 4.69) is 10.3 Å². The predicted octanol–water partition coefficient (Wildman–Crippen LogP) is 1.10. The van der Waals surface area contributed by atoms with Crippen LogP contribution >= 0.6 is 0 Å². The summed E-state index contributed by atoms with van der Waals surface area (Å²) in [7, 11) is 3.56. The second kappa shape index (κ2) is 6.58. The SMILES string of the molecule is CN(C)C=NC(=O)C1CC(C(=O)c2ccc(F)cc2)CN1. The zero-order valence-electron chi connectivity index (χ0n) is 12.0. The average Bonchev–Trinajstić information content (AvgIpc) is 2.94. The number of nitrogens with one attached hydrogen (secondary N) is 1. The van der Waals surface area contributed by atoms with Crippen molar-refractivity contribution in [2.75, 3.05) is 20.6 Å². The molecule has 112 valence electrons. The lowest BCUT2D eigenvalue weighted by Gasteiger charge is -2.08. The summed E-state index contributed by atoms with van der Waals surface area (Å²) in [5.74, 6) is -1.01. The standard InChI is InChI=1S/C15H18FN3O2/c1-19(2)9-18-15(21)13-7-11(8-17-13)14(20)10-3-5-12(16)6-4-10/h3-6,9,11,13,17H,7-8H2,1-2H3. The summed E-state index contributed by atoms with van der Waals surface area (Å²) in [5.41, 5.74) is 0.466. The van der Waals surface area contributed by atoms with Crippen molar-refractivity contribution in [2.45, 2.75) is 12.5 Å². The molecule has 1 aliphatic rings. The Labute approximate surface area is 122 Å². The normalized spacial score (nSPS) is 21.7. The second-order valence-corrected chi connectivity index (χ2v) is 5.31. The first-order valence-corrected chi connectivity index (χ1v) is 6.75. The van der Waals surface area contributed by atoms with Crippen LogP contribution in [0.5, 0.6) is 0 Å². The number of amides is 1. The lowest BCUT2D eigenvalue weighted by atomic mass is 9.95. The molecule has 0 radical (unpaired) electrons. The Morgan fingerprint density at radius 1 is 1.33 bits per heavy atom. The number of hydrogen-bond acceptors (Lipinski definition) is 3. The molecule has 1 aromatic carbocycles. The van der Waals surface area contributed by atoms with Gasteiger partial charge in [0, 0.05) is 32.1 Å². The van der Waals surface area contributed by atoms with Crippen LogP contribution in [0.2, 0.25) is 0 Å². The van der Waals surface area contributed by atoms with Crippen LogP contribution in [0.15, 0.2) is 29.3 Å². The van der Waals surface area contributed by atoms with Crippen LogP contribution in [0.25, 0.3) is 0 Å². The molecule has 0 saturated carbocycles. The Hall–Kier alpha value is -2.08. The molecule has 0 bridgehead atoms. The van der Waals surface area contributed by atoms with Crippen molar-refractivity contribution < 1.29 is 14.0 Å². The van der Waals surface area contributed by atoms with Crippen LogP contribution in [-0.4, -0.2) is 49.6 Å². The number of ketones is 1. The van der Waals surface area contributed by atoms with E-state index in [4.69, 9.17) is 0 Å². The van der Waals surface area contributed by atoms with Gasteiger partial charge in [0.2, 0.25) is 0 Å². The smallest absolute Gasteiger partial charge is 0.264 e. The Kier molecular flexibility index (Phi) is 4.80. The van der Waals surface area contributed by atoms with Gasteiger partial charge in [0.05, 0.1) is 12.4 Å². The fourth-order valence-corrected chi connectivity index (χ4v) is 2.24. The molecule has 2 unspecified atom stereocenters. The number of benzene rings is 1. The van der Waals surface area contributed by atoms with Crippen molar-refractivity contribution in [3.63, 3.8) is 0 Å². The molecule has 1 N–H and O–H groups in total. The van der Waals surface area contributed by atoms with Gasteiger partial charge in [0.25, 0.3) is 5.91 Å². The van der Waals surface area contributed by atoms with Crippen molar-refractivity contribution in [1.29, 1.82) is 0 Å². The Bertz CT molecular complexity index is 555. The van der Waals surface area contributed by atoms with Gasteiger partial charge in [-0.2, -0.15) is 0 Å². The molecule has 0 aliphatic carbocycles. The van der Waals surface area contributed by atoms with Gasteiger partial charge in [0.1, 0.15) is 5.82 Å². The number of Topliss-reactive ketones (excluding diaryl/α,β-unsaturated/α-hetero) is 1. The maximum atomic E-state index is 12.9. The molecule has 2 rings (SSSR count). The van der Waals surface area contributed by atoms with Gasteiger partial charge in [-0.15, -0.1) is 0 Å². The van der Waals surface area contributed by atoms with E-state index in [1.54, 1.807) is 19.0 Å². The molecule has 21 heavy (non-hydrogen) atoms. The maximum absolute atomic E-state index is 12.9.